The van der Waals surface area contributed by atoms with Crippen LogP contribution >= 0.6 is 0 Å². The molecular formula is C9H6F4N2. The first-order valence-corrected chi connectivity index (χ1v) is 4.09. The van der Waals surface area contributed by atoms with Crippen molar-refractivity contribution in [2.45, 2.75) is 6.18 Å². The zero-order valence-electron chi connectivity index (χ0n) is 7.64. The van der Waals surface area contributed by atoms with Crippen LogP contribution in [0.15, 0.2) is 18.2 Å². The number of nitrogens with zero attached hydrogens (tertiary/aromatic N) is 2. The molecule has 0 fully saturated rings. The van der Waals surface area contributed by atoms with Gasteiger partial charge in [-0.05, 0) is 12.1 Å². The number of benzene rings is 1. The van der Waals surface area contributed by atoms with Crippen LogP contribution < -0.4 is 0 Å². The van der Waals surface area contributed by atoms with E-state index in [2.05, 4.69) is 5.10 Å². The largest absolute Gasteiger partial charge is 0.418 e. The quantitative estimate of drug-likeness (QED) is 0.621. The van der Waals surface area contributed by atoms with Gasteiger partial charge in [0, 0.05) is 7.05 Å². The summed E-state index contributed by atoms with van der Waals surface area (Å²) in [5.41, 5.74) is -1.27. The van der Waals surface area contributed by atoms with Crippen molar-refractivity contribution in [1.82, 2.24) is 9.78 Å². The number of hydrogen-bond acceptors (Lipinski definition) is 1. The Balaban J connectivity index is 2.83. The Morgan fingerprint density at radius 3 is 2.53 bits per heavy atom. The van der Waals surface area contributed by atoms with Gasteiger partial charge in [-0.1, -0.05) is 6.07 Å². The minimum Gasteiger partial charge on any atom is -0.242 e. The number of alkyl halides is 3. The van der Waals surface area contributed by atoms with E-state index < -0.39 is 17.7 Å². The standard InChI is InChI=1S/C9H6F4N2/c1-15-8(10)5-3-2-4-6(7(5)14-15)9(11,12)13/h2-4H,1H3. The molecule has 2 rings (SSSR count). The molecule has 0 N–H and O–H groups in total. The third-order valence-corrected chi connectivity index (χ3v) is 2.10. The van der Waals surface area contributed by atoms with Crippen molar-refractivity contribution < 1.29 is 17.6 Å². The molecule has 0 bridgehead atoms. The van der Waals surface area contributed by atoms with Gasteiger partial charge in [-0.3, -0.25) is 0 Å². The van der Waals surface area contributed by atoms with Gasteiger partial charge in [-0.15, -0.1) is 0 Å². The Bertz CT molecular complexity index is 513. The molecule has 1 heterocycles. The number of halogens is 4. The van der Waals surface area contributed by atoms with E-state index in [4.69, 9.17) is 0 Å². The van der Waals surface area contributed by atoms with Crippen molar-refractivity contribution in [2.24, 2.45) is 7.05 Å². The zero-order valence-corrected chi connectivity index (χ0v) is 7.64. The second-order valence-corrected chi connectivity index (χ2v) is 3.11. The molecule has 0 radical (unpaired) electrons. The van der Waals surface area contributed by atoms with Crippen LogP contribution in [0.2, 0.25) is 0 Å². The van der Waals surface area contributed by atoms with Gasteiger partial charge in [0.15, 0.2) is 0 Å². The van der Waals surface area contributed by atoms with Gasteiger partial charge in [-0.2, -0.15) is 22.7 Å². The van der Waals surface area contributed by atoms with Crippen molar-refractivity contribution in [1.29, 1.82) is 0 Å². The SMILES string of the molecule is Cn1nc2c(C(F)(F)F)cccc2c1F. The van der Waals surface area contributed by atoms with Crippen LogP contribution in [0.5, 0.6) is 0 Å². The highest BCUT2D eigenvalue weighted by atomic mass is 19.4. The van der Waals surface area contributed by atoms with Gasteiger partial charge in [0.05, 0.1) is 10.9 Å². The van der Waals surface area contributed by atoms with Gasteiger partial charge in [-0.25, -0.2) is 4.68 Å². The normalized spacial score (nSPS) is 12.3. The number of rotatable bonds is 0. The molecule has 0 spiro atoms. The molecule has 0 aliphatic heterocycles. The van der Waals surface area contributed by atoms with Crippen LogP contribution in [0, 0.1) is 5.95 Å². The molecule has 2 nitrogen and oxygen atoms in total. The van der Waals surface area contributed by atoms with Crippen LogP contribution in [0.3, 0.4) is 0 Å². The van der Waals surface area contributed by atoms with Gasteiger partial charge in [0.25, 0.3) is 0 Å². The predicted molar refractivity (Wildman–Crippen MR) is 45.7 cm³/mol. The lowest BCUT2D eigenvalue weighted by Crippen LogP contribution is -2.05. The molecule has 0 aliphatic carbocycles. The number of aromatic nitrogens is 2. The van der Waals surface area contributed by atoms with Crippen molar-refractivity contribution in [2.75, 3.05) is 0 Å². The predicted octanol–water partition coefficient (Wildman–Crippen LogP) is 2.73. The average molecular weight is 218 g/mol. The lowest BCUT2D eigenvalue weighted by atomic mass is 10.1. The van der Waals surface area contributed by atoms with Crippen LogP contribution in [-0.4, -0.2) is 9.78 Å². The fourth-order valence-electron chi connectivity index (χ4n) is 1.41. The van der Waals surface area contributed by atoms with Crippen molar-refractivity contribution in [3.8, 4) is 0 Å². The second-order valence-electron chi connectivity index (χ2n) is 3.11. The molecule has 80 valence electrons. The first kappa shape index (κ1) is 9.95. The minimum atomic E-state index is -4.51. The molecule has 1 aromatic heterocycles. The maximum atomic E-state index is 13.3. The molecule has 6 heteroatoms. The summed E-state index contributed by atoms with van der Waals surface area (Å²) in [6, 6.07) is 3.32. The number of aryl methyl sites for hydroxylation is 1. The summed E-state index contributed by atoms with van der Waals surface area (Å²) in [6.45, 7) is 0. The molecular weight excluding hydrogens is 212 g/mol. The lowest BCUT2D eigenvalue weighted by Gasteiger charge is -2.05. The average Bonchev–Trinajstić information content (AvgIpc) is 2.41. The van der Waals surface area contributed by atoms with Crippen molar-refractivity contribution in [3.05, 3.63) is 29.7 Å². The monoisotopic (exact) mass is 218 g/mol. The highest BCUT2D eigenvalue weighted by Crippen LogP contribution is 2.34. The second kappa shape index (κ2) is 2.95. The first-order valence-electron chi connectivity index (χ1n) is 4.09. The van der Waals surface area contributed by atoms with Gasteiger partial charge < -0.3 is 0 Å². The molecule has 2 aromatic rings. The summed E-state index contributed by atoms with van der Waals surface area (Å²) in [4.78, 5) is 0. The van der Waals surface area contributed by atoms with E-state index >= 15 is 0 Å². The summed E-state index contributed by atoms with van der Waals surface area (Å²) >= 11 is 0. The summed E-state index contributed by atoms with van der Waals surface area (Å²) < 4.78 is 51.5. The fourth-order valence-corrected chi connectivity index (χ4v) is 1.41. The van der Waals surface area contributed by atoms with Crippen LogP contribution in [0.1, 0.15) is 5.56 Å². The van der Waals surface area contributed by atoms with Crippen molar-refractivity contribution in [3.63, 3.8) is 0 Å². The van der Waals surface area contributed by atoms with Crippen molar-refractivity contribution >= 4 is 10.9 Å². The maximum Gasteiger partial charge on any atom is 0.418 e. The van der Waals surface area contributed by atoms with Crippen LogP contribution in [0.25, 0.3) is 10.9 Å². The number of fused-ring (bicyclic) bond motifs is 1. The topological polar surface area (TPSA) is 17.8 Å². The maximum absolute atomic E-state index is 13.3. The molecule has 0 amide bonds. The molecule has 0 saturated carbocycles. The number of hydrogen-bond donors (Lipinski definition) is 0. The Labute approximate surface area is 82.1 Å². The summed E-state index contributed by atoms with van der Waals surface area (Å²) in [6.07, 6.45) is -4.51. The zero-order chi connectivity index (χ0) is 11.2. The molecule has 15 heavy (non-hydrogen) atoms. The van der Waals surface area contributed by atoms with Crippen LogP contribution in [-0.2, 0) is 13.2 Å². The third-order valence-electron chi connectivity index (χ3n) is 2.10. The van der Waals surface area contributed by atoms with E-state index in [-0.39, 0.29) is 10.9 Å². The van der Waals surface area contributed by atoms with E-state index in [1.54, 1.807) is 0 Å². The molecule has 0 atom stereocenters. The van der Waals surface area contributed by atoms with E-state index in [9.17, 15) is 17.6 Å². The lowest BCUT2D eigenvalue weighted by molar-refractivity contribution is -0.136. The minimum absolute atomic E-state index is 0.118. The molecule has 0 saturated heterocycles. The van der Waals surface area contributed by atoms with Gasteiger partial charge in [0.1, 0.15) is 5.52 Å². The van der Waals surface area contributed by atoms with E-state index in [1.807, 2.05) is 0 Å². The Kier molecular flexibility index (Phi) is 1.95. The molecule has 1 aromatic carbocycles. The third kappa shape index (κ3) is 1.45. The van der Waals surface area contributed by atoms with E-state index in [1.165, 1.54) is 13.1 Å². The van der Waals surface area contributed by atoms with Gasteiger partial charge in [0.2, 0.25) is 5.95 Å². The highest BCUT2D eigenvalue weighted by molar-refractivity contribution is 5.82. The fraction of sp³-hybridized carbons (Fsp3) is 0.222. The smallest absolute Gasteiger partial charge is 0.242 e. The Morgan fingerprint density at radius 2 is 1.93 bits per heavy atom. The first-order chi connectivity index (χ1) is 6.91. The Hall–Kier alpha value is -1.59. The highest BCUT2D eigenvalue weighted by Gasteiger charge is 2.34. The summed E-state index contributed by atoms with van der Waals surface area (Å²) in [5, 5.41) is 3.38. The van der Waals surface area contributed by atoms with Gasteiger partial charge >= 0.3 is 6.18 Å². The summed E-state index contributed by atoms with van der Waals surface area (Å²) in [7, 11) is 1.26. The van der Waals surface area contributed by atoms with E-state index in [0.29, 0.717) is 0 Å². The molecule has 0 unspecified atom stereocenters. The molecule has 0 aliphatic rings. The van der Waals surface area contributed by atoms with E-state index in [0.717, 1.165) is 16.8 Å². The van der Waals surface area contributed by atoms with Crippen LogP contribution in [0.4, 0.5) is 17.6 Å². The summed E-state index contributed by atoms with van der Waals surface area (Å²) in [5.74, 6) is -0.767. The Morgan fingerprint density at radius 1 is 1.27 bits per heavy atom.